The summed E-state index contributed by atoms with van der Waals surface area (Å²) in [4.78, 5) is 68.7. The number of halogens is 1. The average Bonchev–Trinajstić information content (AvgIpc) is 3.49. The molecule has 3 aromatic carbocycles. The van der Waals surface area contributed by atoms with Gasteiger partial charge < -0.3 is 19.1 Å². The number of carbonyl (C=O) groups is 4. The molecule has 2 aliphatic heterocycles. The second kappa shape index (κ2) is 12.3. The van der Waals surface area contributed by atoms with E-state index in [1.807, 2.05) is 0 Å². The molecule has 2 fully saturated rings. The lowest BCUT2D eigenvalue weighted by atomic mass is 9.75. The second-order valence-corrected chi connectivity index (χ2v) is 10.6. The summed E-state index contributed by atoms with van der Waals surface area (Å²) in [6.07, 6.45) is 0. The quantitative estimate of drug-likeness (QED) is 0.102. The van der Waals surface area contributed by atoms with Crippen LogP contribution in [-0.4, -0.2) is 71.8 Å². The van der Waals surface area contributed by atoms with Crippen molar-refractivity contribution in [1.29, 1.82) is 0 Å². The van der Waals surface area contributed by atoms with Crippen LogP contribution in [0.4, 0.5) is 10.5 Å². The first-order chi connectivity index (χ1) is 21.1. The number of Topliss-reactive ketones (excluding diaryl/α,β-unsaturated/α-hetero) is 1. The van der Waals surface area contributed by atoms with E-state index in [0.717, 1.165) is 11.0 Å². The van der Waals surface area contributed by atoms with Crippen LogP contribution in [-0.2, 0) is 14.3 Å². The standard InChI is InChI=1S/C31H28ClN3O9/c1-4-44-24(36)16-33-30(38)28-25(17-10-12-19(32)13-11-17)26(29(37)18-8-6-5-7-9-18)27(34(28)31(33)39)20-14-22(42-2)23(43-3)15-21(20)35(40)41/h5-15,25-28H,4,16H2,1-3H3. The highest BCUT2D eigenvalue weighted by Gasteiger charge is 2.64. The summed E-state index contributed by atoms with van der Waals surface area (Å²) in [5.41, 5.74) is 0.304. The number of urea groups is 1. The van der Waals surface area contributed by atoms with E-state index in [1.54, 1.807) is 61.5 Å². The summed E-state index contributed by atoms with van der Waals surface area (Å²) in [5.74, 6) is -3.94. The summed E-state index contributed by atoms with van der Waals surface area (Å²) in [7, 11) is 2.67. The molecular weight excluding hydrogens is 594 g/mol. The van der Waals surface area contributed by atoms with Gasteiger partial charge in [0.15, 0.2) is 17.3 Å². The van der Waals surface area contributed by atoms with Crippen LogP contribution in [0.5, 0.6) is 11.5 Å². The van der Waals surface area contributed by atoms with E-state index in [-0.39, 0.29) is 29.2 Å². The van der Waals surface area contributed by atoms with Crippen molar-refractivity contribution < 1.29 is 38.3 Å². The number of methoxy groups -OCH3 is 2. The smallest absolute Gasteiger partial charge is 0.328 e. The van der Waals surface area contributed by atoms with Gasteiger partial charge in [-0.1, -0.05) is 54.1 Å². The Kier molecular flexibility index (Phi) is 8.54. The lowest BCUT2D eigenvalue weighted by Gasteiger charge is -2.29. The molecule has 0 radical (unpaired) electrons. The predicted octanol–water partition coefficient (Wildman–Crippen LogP) is 4.80. The summed E-state index contributed by atoms with van der Waals surface area (Å²) in [6, 6.07) is 13.8. The zero-order valence-electron chi connectivity index (χ0n) is 24.0. The normalized spacial score (nSPS) is 20.8. The molecule has 3 aromatic rings. The molecule has 13 heteroatoms. The Balaban J connectivity index is 1.79. The number of rotatable bonds is 10. The molecule has 2 saturated heterocycles. The van der Waals surface area contributed by atoms with Crippen LogP contribution in [0.2, 0.25) is 5.02 Å². The number of hydrogen-bond donors (Lipinski definition) is 0. The first-order valence-electron chi connectivity index (χ1n) is 13.7. The maximum absolute atomic E-state index is 14.4. The van der Waals surface area contributed by atoms with Gasteiger partial charge in [0.1, 0.15) is 12.6 Å². The van der Waals surface area contributed by atoms with Gasteiger partial charge in [-0.05, 0) is 30.7 Å². The molecule has 0 spiro atoms. The van der Waals surface area contributed by atoms with E-state index in [2.05, 4.69) is 0 Å². The third-order valence-corrected chi connectivity index (χ3v) is 8.15. The number of hydrogen-bond acceptors (Lipinski definition) is 9. The number of benzene rings is 3. The zero-order chi connectivity index (χ0) is 31.7. The van der Waals surface area contributed by atoms with Crippen molar-refractivity contribution >= 4 is 41.0 Å². The van der Waals surface area contributed by atoms with E-state index < -0.39 is 64.8 Å². The maximum atomic E-state index is 14.4. The molecule has 0 N–H and O–H groups in total. The van der Waals surface area contributed by atoms with Crippen molar-refractivity contribution in [2.75, 3.05) is 27.4 Å². The molecule has 44 heavy (non-hydrogen) atoms. The minimum Gasteiger partial charge on any atom is -0.493 e. The minimum absolute atomic E-state index is 0.0315. The van der Waals surface area contributed by atoms with Crippen LogP contribution < -0.4 is 9.47 Å². The van der Waals surface area contributed by atoms with Crippen molar-refractivity contribution in [2.24, 2.45) is 5.92 Å². The molecule has 228 valence electrons. The molecule has 5 rings (SSSR count). The van der Waals surface area contributed by atoms with E-state index in [0.29, 0.717) is 10.6 Å². The summed E-state index contributed by atoms with van der Waals surface area (Å²) in [5, 5.41) is 12.9. The van der Waals surface area contributed by atoms with E-state index in [1.165, 1.54) is 25.2 Å². The van der Waals surface area contributed by atoms with Gasteiger partial charge in [0, 0.05) is 16.5 Å². The number of fused-ring (bicyclic) bond motifs is 1. The highest BCUT2D eigenvalue weighted by Crippen LogP contribution is 2.56. The van der Waals surface area contributed by atoms with Crippen molar-refractivity contribution in [3.63, 3.8) is 0 Å². The van der Waals surface area contributed by atoms with Crippen LogP contribution in [0, 0.1) is 16.0 Å². The van der Waals surface area contributed by atoms with Crippen molar-refractivity contribution in [3.05, 3.63) is 98.6 Å². The van der Waals surface area contributed by atoms with Crippen molar-refractivity contribution in [3.8, 4) is 11.5 Å². The molecule has 12 nitrogen and oxygen atoms in total. The Morgan fingerprint density at radius 1 is 0.955 bits per heavy atom. The number of ketones is 1. The second-order valence-electron chi connectivity index (χ2n) is 10.2. The van der Waals surface area contributed by atoms with E-state index in [9.17, 15) is 29.3 Å². The monoisotopic (exact) mass is 621 g/mol. The molecule has 2 aliphatic rings. The first kappa shape index (κ1) is 30.5. The highest BCUT2D eigenvalue weighted by atomic mass is 35.5. The first-order valence-corrected chi connectivity index (χ1v) is 14.0. The van der Waals surface area contributed by atoms with Gasteiger partial charge in [-0.3, -0.25) is 29.4 Å². The number of nitrogens with zero attached hydrogens (tertiary/aromatic N) is 3. The van der Waals surface area contributed by atoms with Gasteiger partial charge >= 0.3 is 12.0 Å². The summed E-state index contributed by atoms with van der Waals surface area (Å²) >= 11 is 6.17. The van der Waals surface area contributed by atoms with Gasteiger partial charge in [0.25, 0.3) is 11.6 Å². The molecule has 4 unspecified atom stereocenters. The predicted molar refractivity (Wildman–Crippen MR) is 157 cm³/mol. The molecule has 0 bridgehead atoms. The fourth-order valence-corrected chi connectivity index (χ4v) is 6.22. The third-order valence-electron chi connectivity index (χ3n) is 7.89. The molecule has 0 aliphatic carbocycles. The van der Waals surface area contributed by atoms with Crippen LogP contribution in [0.15, 0.2) is 66.7 Å². The van der Waals surface area contributed by atoms with Crippen LogP contribution in [0.25, 0.3) is 0 Å². The molecule has 2 heterocycles. The third kappa shape index (κ3) is 5.21. The number of carbonyl (C=O) groups excluding carboxylic acids is 4. The highest BCUT2D eigenvalue weighted by molar-refractivity contribution is 6.30. The minimum atomic E-state index is -1.32. The SMILES string of the molecule is CCOC(=O)CN1C(=O)C2C(c3ccc(Cl)cc3)C(C(=O)c3ccccc3)C(c3cc(OC)c(OC)cc3[N+](=O)[O-])N2C1=O. The number of nitro groups is 1. The van der Waals surface area contributed by atoms with Gasteiger partial charge in [-0.15, -0.1) is 0 Å². The van der Waals surface area contributed by atoms with Crippen LogP contribution >= 0.6 is 11.6 Å². The maximum Gasteiger partial charge on any atom is 0.328 e. The van der Waals surface area contributed by atoms with Gasteiger partial charge in [0.05, 0.1) is 49.3 Å². The Morgan fingerprint density at radius 3 is 2.18 bits per heavy atom. The Labute approximate surface area is 257 Å². The molecule has 4 atom stereocenters. The van der Waals surface area contributed by atoms with Crippen molar-refractivity contribution in [2.45, 2.75) is 24.9 Å². The van der Waals surface area contributed by atoms with E-state index in [4.69, 9.17) is 25.8 Å². The topological polar surface area (TPSA) is 146 Å². The zero-order valence-corrected chi connectivity index (χ0v) is 24.7. The Morgan fingerprint density at radius 2 is 1.59 bits per heavy atom. The molecular formula is C31H28ClN3O9. The Bertz CT molecular complexity index is 1630. The number of nitro benzene ring substituents is 1. The summed E-state index contributed by atoms with van der Waals surface area (Å²) in [6.45, 7) is 0.958. The molecule has 3 amide bonds. The van der Waals surface area contributed by atoms with Gasteiger partial charge in [-0.25, -0.2) is 4.79 Å². The lowest BCUT2D eigenvalue weighted by Crippen LogP contribution is -2.41. The van der Waals surface area contributed by atoms with E-state index >= 15 is 0 Å². The van der Waals surface area contributed by atoms with Gasteiger partial charge in [0.2, 0.25) is 0 Å². The van der Waals surface area contributed by atoms with Gasteiger partial charge in [-0.2, -0.15) is 0 Å². The number of imide groups is 1. The number of esters is 1. The van der Waals surface area contributed by atoms with Crippen LogP contribution in [0.3, 0.4) is 0 Å². The largest absolute Gasteiger partial charge is 0.493 e. The number of amides is 3. The summed E-state index contributed by atoms with van der Waals surface area (Å²) < 4.78 is 15.7. The Hall–Kier alpha value is -4.97. The molecule has 0 aromatic heterocycles. The average molecular weight is 622 g/mol. The van der Waals surface area contributed by atoms with Crippen molar-refractivity contribution in [1.82, 2.24) is 9.80 Å². The lowest BCUT2D eigenvalue weighted by molar-refractivity contribution is -0.386. The fraction of sp³-hybridized carbons (Fsp3) is 0.290. The fourth-order valence-electron chi connectivity index (χ4n) is 6.10. The number of ether oxygens (including phenoxy) is 3. The van der Waals surface area contributed by atoms with Crippen LogP contribution in [0.1, 0.15) is 40.4 Å². The molecule has 0 saturated carbocycles.